The SMILES string of the molecule is O=C1C(C2=CCCCCC2)=C(c2ccccc2)C(=O)N1c1ccc([N+](=O)[O-])cc1. The molecule has 1 aliphatic carbocycles. The molecule has 1 heterocycles. The minimum Gasteiger partial charge on any atom is -0.268 e. The molecule has 2 aliphatic rings. The molecular formula is C23H20N2O4. The van der Waals surface area contributed by atoms with Gasteiger partial charge < -0.3 is 0 Å². The van der Waals surface area contributed by atoms with Crippen molar-refractivity contribution >= 4 is 28.8 Å². The average Bonchev–Trinajstić information content (AvgIpc) is 2.90. The van der Waals surface area contributed by atoms with E-state index in [1.165, 1.54) is 24.3 Å². The molecule has 0 saturated heterocycles. The van der Waals surface area contributed by atoms with E-state index in [0.29, 0.717) is 22.4 Å². The van der Waals surface area contributed by atoms with Gasteiger partial charge in [0.15, 0.2) is 0 Å². The van der Waals surface area contributed by atoms with Crippen LogP contribution in [0.15, 0.2) is 71.8 Å². The lowest BCUT2D eigenvalue weighted by molar-refractivity contribution is -0.384. The first-order chi connectivity index (χ1) is 14.1. The number of benzene rings is 2. The third-order valence-corrected chi connectivity index (χ3v) is 5.33. The molecule has 0 fully saturated rings. The molecular weight excluding hydrogens is 368 g/mol. The molecule has 0 atom stereocenters. The van der Waals surface area contributed by atoms with Gasteiger partial charge in [0.25, 0.3) is 17.5 Å². The molecule has 0 aromatic heterocycles. The summed E-state index contributed by atoms with van der Waals surface area (Å²) in [5, 5.41) is 10.9. The van der Waals surface area contributed by atoms with Crippen molar-refractivity contribution in [2.45, 2.75) is 32.1 Å². The maximum absolute atomic E-state index is 13.4. The molecule has 29 heavy (non-hydrogen) atoms. The highest BCUT2D eigenvalue weighted by molar-refractivity contribution is 6.46. The highest BCUT2D eigenvalue weighted by atomic mass is 16.6. The van der Waals surface area contributed by atoms with Crippen LogP contribution in [-0.2, 0) is 9.59 Å². The molecule has 4 rings (SSSR count). The van der Waals surface area contributed by atoms with Gasteiger partial charge in [-0.2, -0.15) is 0 Å². The van der Waals surface area contributed by atoms with Crippen molar-refractivity contribution in [3.8, 4) is 0 Å². The first-order valence-corrected chi connectivity index (χ1v) is 9.70. The standard InChI is InChI=1S/C23H20N2O4/c26-22-20(16-8-4-1-2-5-9-16)21(17-10-6-3-7-11-17)23(27)24(22)18-12-14-19(15-13-18)25(28)29/h3,6-8,10-15H,1-2,4-5,9H2. The molecule has 6 nitrogen and oxygen atoms in total. The number of allylic oxidation sites excluding steroid dienone is 1. The number of anilines is 1. The Morgan fingerprint density at radius 1 is 0.828 bits per heavy atom. The van der Waals surface area contributed by atoms with E-state index in [4.69, 9.17) is 0 Å². The first kappa shape index (κ1) is 18.8. The highest BCUT2D eigenvalue weighted by Crippen LogP contribution is 2.39. The minimum atomic E-state index is -0.507. The maximum atomic E-state index is 13.4. The van der Waals surface area contributed by atoms with Crippen LogP contribution in [0, 0.1) is 10.1 Å². The second-order valence-electron chi connectivity index (χ2n) is 7.16. The van der Waals surface area contributed by atoms with Crippen LogP contribution in [0.3, 0.4) is 0 Å². The summed E-state index contributed by atoms with van der Waals surface area (Å²) in [5.41, 5.74) is 2.74. The van der Waals surface area contributed by atoms with Gasteiger partial charge in [-0.3, -0.25) is 19.7 Å². The lowest BCUT2D eigenvalue weighted by Gasteiger charge is -2.15. The summed E-state index contributed by atoms with van der Waals surface area (Å²) in [6.45, 7) is 0. The van der Waals surface area contributed by atoms with Crippen LogP contribution in [0.1, 0.15) is 37.7 Å². The van der Waals surface area contributed by atoms with Gasteiger partial charge in [-0.05, 0) is 49.0 Å². The second-order valence-corrected chi connectivity index (χ2v) is 7.16. The fourth-order valence-electron chi connectivity index (χ4n) is 3.90. The maximum Gasteiger partial charge on any atom is 0.269 e. The van der Waals surface area contributed by atoms with Crippen molar-refractivity contribution in [3.05, 3.63) is 87.5 Å². The quantitative estimate of drug-likeness (QED) is 0.427. The smallest absolute Gasteiger partial charge is 0.268 e. The van der Waals surface area contributed by atoms with Gasteiger partial charge in [0.2, 0.25) is 0 Å². The molecule has 0 unspecified atom stereocenters. The molecule has 2 amide bonds. The number of nitro benzene ring substituents is 1. The van der Waals surface area contributed by atoms with Crippen molar-refractivity contribution in [3.63, 3.8) is 0 Å². The predicted molar refractivity (Wildman–Crippen MR) is 110 cm³/mol. The van der Waals surface area contributed by atoms with Gasteiger partial charge in [-0.25, -0.2) is 4.90 Å². The number of hydrogen-bond acceptors (Lipinski definition) is 4. The van der Waals surface area contributed by atoms with E-state index in [1.54, 1.807) is 0 Å². The van der Waals surface area contributed by atoms with Gasteiger partial charge in [0.1, 0.15) is 0 Å². The van der Waals surface area contributed by atoms with Crippen molar-refractivity contribution in [2.75, 3.05) is 4.90 Å². The van der Waals surface area contributed by atoms with Crippen LogP contribution in [0.25, 0.3) is 5.57 Å². The third-order valence-electron chi connectivity index (χ3n) is 5.33. The van der Waals surface area contributed by atoms with Gasteiger partial charge in [0, 0.05) is 12.1 Å². The number of hydrogen-bond donors (Lipinski definition) is 0. The van der Waals surface area contributed by atoms with E-state index in [9.17, 15) is 19.7 Å². The largest absolute Gasteiger partial charge is 0.269 e. The summed E-state index contributed by atoms with van der Waals surface area (Å²) < 4.78 is 0. The molecule has 0 radical (unpaired) electrons. The Morgan fingerprint density at radius 2 is 1.52 bits per heavy atom. The van der Waals surface area contributed by atoms with E-state index in [-0.39, 0.29) is 11.6 Å². The van der Waals surface area contributed by atoms with Crippen molar-refractivity contribution in [1.82, 2.24) is 0 Å². The van der Waals surface area contributed by atoms with Crippen molar-refractivity contribution in [2.24, 2.45) is 0 Å². The third kappa shape index (κ3) is 3.49. The Labute approximate surface area is 168 Å². The molecule has 0 saturated carbocycles. The zero-order valence-electron chi connectivity index (χ0n) is 15.8. The van der Waals surface area contributed by atoms with E-state index >= 15 is 0 Å². The molecule has 6 heteroatoms. The van der Waals surface area contributed by atoms with Gasteiger partial charge in [-0.1, -0.05) is 42.8 Å². The minimum absolute atomic E-state index is 0.0872. The topological polar surface area (TPSA) is 80.5 Å². The number of non-ortho nitro benzene ring substituents is 1. The van der Waals surface area contributed by atoms with Gasteiger partial charge in [0.05, 0.1) is 21.8 Å². The lowest BCUT2D eigenvalue weighted by atomic mass is 9.94. The predicted octanol–water partition coefficient (Wildman–Crippen LogP) is 4.81. The zero-order valence-corrected chi connectivity index (χ0v) is 15.8. The lowest BCUT2D eigenvalue weighted by Crippen LogP contribution is -2.31. The van der Waals surface area contributed by atoms with Gasteiger partial charge in [-0.15, -0.1) is 0 Å². The van der Waals surface area contributed by atoms with Crippen LogP contribution in [-0.4, -0.2) is 16.7 Å². The van der Waals surface area contributed by atoms with Crippen LogP contribution in [0.2, 0.25) is 0 Å². The number of imide groups is 1. The Kier molecular flexibility index (Phi) is 5.08. The van der Waals surface area contributed by atoms with Gasteiger partial charge >= 0.3 is 0 Å². The fraction of sp³-hybridized carbons (Fsp3) is 0.217. The average molecular weight is 388 g/mol. The molecule has 2 aromatic rings. The number of carbonyl (C=O) groups excluding carboxylic acids is 2. The monoisotopic (exact) mass is 388 g/mol. The number of carbonyl (C=O) groups is 2. The normalized spacial score (nSPS) is 17.4. The second kappa shape index (κ2) is 7.83. The molecule has 0 bridgehead atoms. The number of nitrogens with zero attached hydrogens (tertiary/aromatic N) is 2. The number of amides is 2. The number of rotatable bonds is 4. The van der Waals surface area contributed by atoms with Crippen molar-refractivity contribution < 1.29 is 14.5 Å². The van der Waals surface area contributed by atoms with Crippen LogP contribution in [0.4, 0.5) is 11.4 Å². The molecule has 146 valence electrons. The summed E-state index contributed by atoms with van der Waals surface area (Å²) in [7, 11) is 0. The molecule has 0 N–H and O–H groups in total. The fourth-order valence-corrected chi connectivity index (χ4v) is 3.90. The Balaban J connectivity index is 1.81. The first-order valence-electron chi connectivity index (χ1n) is 9.70. The summed E-state index contributed by atoms with van der Waals surface area (Å²) >= 11 is 0. The summed E-state index contributed by atoms with van der Waals surface area (Å²) in [6, 6.07) is 14.7. The summed E-state index contributed by atoms with van der Waals surface area (Å²) in [5.74, 6) is -0.758. The molecule has 0 spiro atoms. The van der Waals surface area contributed by atoms with E-state index in [0.717, 1.165) is 42.6 Å². The Bertz CT molecular complexity index is 1040. The molecule has 1 aliphatic heterocycles. The van der Waals surface area contributed by atoms with Crippen LogP contribution >= 0.6 is 0 Å². The van der Waals surface area contributed by atoms with E-state index in [2.05, 4.69) is 6.08 Å². The highest BCUT2D eigenvalue weighted by Gasteiger charge is 2.41. The molecule has 2 aromatic carbocycles. The van der Waals surface area contributed by atoms with Crippen LogP contribution in [0.5, 0.6) is 0 Å². The number of nitro groups is 1. The zero-order chi connectivity index (χ0) is 20.4. The van der Waals surface area contributed by atoms with Crippen molar-refractivity contribution in [1.29, 1.82) is 0 Å². The van der Waals surface area contributed by atoms with E-state index < -0.39 is 10.8 Å². The Hall–Kier alpha value is -3.54. The summed E-state index contributed by atoms with van der Waals surface area (Å²) in [4.78, 5) is 38.3. The van der Waals surface area contributed by atoms with E-state index in [1.807, 2.05) is 30.3 Å². The Morgan fingerprint density at radius 3 is 2.21 bits per heavy atom. The van der Waals surface area contributed by atoms with Crippen LogP contribution < -0.4 is 4.90 Å². The summed E-state index contributed by atoms with van der Waals surface area (Å²) in [6.07, 6.45) is 6.89.